The number of carbonyl (C=O) groups is 1. The van der Waals surface area contributed by atoms with Crippen molar-refractivity contribution in [2.75, 3.05) is 36.9 Å². The topological polar surface area (TPSA) is 66.5 Å². The SMILES string of the molecule is Cc1ccccc1CC(=O)NCCS(=O)(=O)N1CCSCC1. The molecule has 0 aromatic heterocycles. The van der Waals surface area contributed by atoms with Gasteiger partial charge < -0.3 is 5.32 Å². The van der Waals surface area contributed by atoms with E-state index in [-0.39, 0.29) is 24.6 Å². The van der Waals surface area contributed by atoms with Crippen LogP contribution >= 0.6 is 11.8 Å². The van der Waals surface area contributed by atoms with Crippen LogP contribution in [0.5, 0.6) is 0 Å². The molecule has 122 valence electrons. The number of hydrogen-bond acceptors (Lipinski definition) is 4. The van der Waals surface area contributed by atoms with Gasteiger partial charge in [0.2, 0.25) is 15.9 Å². The summed E-state index contributed by atoms with van der Waals surface area (Å²) in [6.07, 6.45) is 0.285. The summed E-state index contributed by atoms with van der Waals surface area (Å²) >= 11 is 1.77. The summed E-state index contributed by atoms with van der Waals surface area (Å²) in [5.74, 6) is 1.52. The molecule has 0 atom stereocenters. The number of rotatable bonds is 6. The second-order valence-electron chi connectivity index (χ2n) is 5.28. The highest BCUT2D eigenvalue weighted by atomic mass is 32.2. The maximum atomic E-state index is 12.1. The fraction of sp³-hybridized carbons (Fsp3) is 0.533. The van der Waals surface area contributed by atoms with Gasteiger partial charge in [0, 0.05) is 31.1 Å². The molecular formula is C15H22N2O3S2. The minimum atomic E-state index is -3.25. The van der Waals surface area contributed by atoms with Crippen molar-refractivity contribution in [1.29, 1.82) is 0 Å². The van der Waals surface area contributed by atoms with Gasteiger partial charge in [0.15, 0.2) is 0 Å². The maximum absolute atomic E-state index is 12.1. The Morgan fingerprint density at radius 3 is 2.64 bits per heavy atom. The van der Waals surface area contributed by atoms with Crippen molar-refractivity contribution in [3.63, 3.8) is 0 Å². The first kappa shape index (κ1) is 17.3. The summed E-state index contributed by atoms with van der Waals surface area (Å²) in [5, 5.41) is 2.70. The number of amides is 1. The predicted molar refractivity (Wildman–Crippen MR) is 90.6 cm³/mol. The van der Waals surface area contributed by atoms with Crippen molar-refractivity contribution in [2.24, 2.45) is 0 Å². The zero-order chi connectivity index (χ0) is 16.0. The van der Waals surface area contributed by atoms with E-state index < -0.39 is 10.0 Å². The lowest BCUT2D eigenvalue weighted by Crippen LogP contribution is -2.42. The number of benzene rings is 1. The quantitative estimate of drug-likeness (QED) is 0.839. The van der Waals surface area contributed by atoms with Crippen LogP contribution < -0.4 is 5.32 Å². The molecule has 1 aromatic rings. The summed E-state index contributed by atoms with van der Waals surface area (Å²) in [5.41, 5.74) is 2.03. The average molecular weight is 342 g/mol. The molecule has 1 N–H and O–H groups in total. The van der Waals surface area contributed by atoms with Crippen LogP contribution in [0.15, 0.2) is 24.3 Å². The summed E-state index contributed by atoms with van der Waals surface area (Å²) in [4.78, 5) is 11.9. The number of nitrogens with one attached hydrogen (secondary N) is 1. The zero-order valence-corrected chi connectivity index (χ0v) is 14.4. The molecule has 1 heterocycles. The van der Waals surface area contributed by atoms with Gasteiger partial charge in [-0.15, -0.1) is 0 Å². The monoisotopic (exact) mass is 342 g/mol. The van der Waals surface area contributed by atoms with Gasteiger partial charge in [-0.05, 0) is 18.1 Å². The average Bonchev–Trinajstić information content (AvgIpc) is 2.50. The van der Waals surface area contributed by atoms with Crippen molar-refractivity contribution >= 4 is 27.7 Å². The van der Waals surface area contributed by atoms with E-state index in [0.29, 0.717) is 13.1 Å². The summed E-state index contributed by atoms with van der Waals surface area (Å²) < 4.78 is 25.8. The Balaban J connectivity index is 1.78. The molecule has 0 radical (unpaired) electrons. The van der Waals surface area contributed by atoms with Crippen LogP contribution in [0.2, 0.25) is 0 Å². The van der Waals surface area contributed by atoms with Gasteiger partial charge in [0.25, 0.3) is 0 Å². The standard InChI is InChI=1S/C15H22N2O3S2/c1-13-4-2-3-5-14(13)12-15(18)16-6-11-22(19,20)17-7-9-21-10-8-17/h2-5H,6-12H2,1H3,(H,16,18). The van der Waals surface area contributed by atoms with Crippen LogP contribution in [0.3, 0.4) is 0 Å². The highest BCUT2D eigenvalue weighted by Crippen LogP contribution is 2.13. The molecule has 22 heavy (non-hydrogen) atoms. The lowest BCUT2D eigenvalue weighted by molar-refractivity contribution is -0.120. The van der Waals surface area contributed by atoms with E-state index in [1.54, 1.807) is 11.8 Å². The molecule has 0 aliphatic carbocycles. The van der Waals surface area contributed by atoms with Crippen molar-refractivity contribution in [2.45, 2.75) is 13.3 Å². The first-order valence-corrected chi connectivity index (χ1v) is 10.1. The van der Waals surface area contributed by atoms with E-state index in [1.807, 2.05) is 31.2 Å². The lowest BCUT2D eigenvalue weighted by Gasteiger charge is -2.25. The van der Waals surface area contributed by atoms with E-state index >= 15 is 0 Å². The third-order valence-electron chi connectivity index (χ3n) is 3.66. The van der Waals surface area contributed by atoms with Gasteiger partial charge in [0.1, 0.15) is 0 Å². The molecule has 7 heteroatoms. The summed E-state index contributed by atoms with van der Waals surface area (Å²) in [6, 6.07) is 7.70. The van der Waals surface area contributed by atoms with Crippen molar-refractivity contribution in [1.82, 2.24) is 9.62 Å². The minimum absolute atomic E-state index is 0.0306. The van der Waals surface area contributed by atoms with Crippen molar-refractivity contribution in [3.8, 4) is 0 Å². The molecule has 0 bridgehead atoms. The molecule has 1 aromatic carbocycles. The molecule has 2 rings (SSSR count). The summed E-state index contributed by atoms with van der Waals surface area (Å²) in [6.45, 7) is 3.27. The Morgan fingerprint density at radius 2 is 1.95 bits per heavy atom. The molecule has 1 aliphatic rings. The number of nitrogens with zero attached hydrogens (tertiary/aromatic N) is 1. The van der Waals surface area contributed by atoms with Crippen LogP contribution in [0.1, 0.15) is 11.1 Å². The van der Waals surface area contributed by atoms with Crippen LogP contribution in [0.25, 0.3) is 0 Å². The van der Waals surface area contributed by atoms with Gasteiger partial charge in [-0.3, -0.25) is 4.79 Å². The van der Waals surface area contributed by atoms with Gasteiger partial charge >= 0.3 is 0 Å². The van der Waals surface area contributed by atoms with E-state index in [0.717, 1.165) is 22.6 Å². The molecule has 1 saturated heterocycles. The normalized spacial score (nSPS) is 16.4. The molecule has 1 aliphatic heterocycles. The van der Waals surface area contributed by atoms with E-state index in [4.69, 9.17) is 0 Å². The number of aryl methyl sites for hydroxylation is 1. The smallest absolute Gasteiger partial charge is 0.224 e. The minimum Gasteiger partial charge on any atom is -0.355 e. The largest absolute Gasteiger partial charge is 0.355 e. The third kappa shape index (κ3) is 5.00. The Bertz CT molecular complexity index is 611. The van der Waals surface area contributed by atoms with E-state index in [9.17, 15) is 13.2 Å². The highest BCUT2D eigenvalue weighted by Gasteiger charge is 2.23. The number of hydrogen-bond donors (Lipinski definition) is 1. The highest BCUT2D eigenvalue weighted by molar-refractivity contribution is 7.99. The Morgan fingerprint density at radius 1 is 1.27 bits per heavy atom. The number of sulfonamides is 1. The van der Waals surface area contributed by atoms with Crippen molar-refractivity contribution in [3.05, 3.63) is 35.4 Å². The molecule has 1 fully saturated rings. The van der Waals surface area contributed by atoms with Crippen LogP contribution in [0.4, 0.5) is 0 Å². The van der Waals surface area contributed by atoms with Crippen molar-refractivity contribution < 1.29 is 13.2 Å². The second-order valence-corrected chi connectivity index (χ2v) is 8.59. The Labute approximate surface area is 136 Å². The molecule has 0 saturated carbocycles. The van der Waals surface area contributed by atoms with Gasteiger partial charge in [-0.1, -0.05) is 24.3 Å². The molecule has 0 spiro atoms. The Kier molecular flexibility index (Phi) is 6.28. The third-order valence-corrected chi connectivity index (χ3v) is 6.47. The van der Waals surface area contributed by atoms with E-state index in [2.05, 4.69) is 5.32 Å². The first-order valence-electron chi connectivity index (χ1n) is 7.36. The Hall–Kier alpha value is -1.05. The second kappa shape index (κ2) is 7.99. The molecule has 0 unspecified atom stereocenters. The van der Waals surface area contributed by atoms with E-state index in [1.165, 1.54) is 4.31 Å². The summed E-state index contributed by atoms with van der Waals surface area (Å²) in [7, 11) is -3.25. The maximum Gasteiger partial charge on any atom is 0.224 e. The predicted octanol–water partition coefficient (Wildman–Crippen LogP) is 1.03. The molecular weight excluding hydrogens is 320 g/mol. The van der Waals surface area contributed by atoms with Crippen LogP contribution in [0, 0.1) is 6.92 Å². The van der Waals surface area contributed by atoms with Gasteiger partial charge in [-0.25, -0.2) is 12.7 Å². The number of thioether (sulfide) groups is 1. The van der Waals surface area contributed by atoms with Gasteiger partial charge in [-0.2, -0.15) is 11.8 Å². The van der Waals surface area contributed by atoms with Crippen LogP contribution in [-0.2, 0) is 21.2 Å². The lowest BCUT2D eigenvalue weighted by atomic mass is 10.1. The fourth-order valence-corrected chi connectivity index (χ4v) is 4.81. The first-order chi connectivity index (χ1) is 10.5. The molecule has 1 amide bonds. The fourth-order valence-electron chi connectivity index (χ4n) is 2.32. The molecule has 5 nitrogen and oxygen atoms in total. The zero-order valence-electron chi connectivity index (χ0n) is 12.7. The van der Waals surface area contributed by atoms with Gasteiger partial charge in [0.05, 0.1) is 12.2 Å². The number of carbonyl (C=O) groups excluding carboxylic acids is 1. The van der Waals surface area contributed by atoms with Crippen LogP contribution in [-0.4, -0.2) is 55.5 Å².